The molecule has 156 valence electrons. The summed E-state index contributed by atoms with van der Waals surface area (Å²) in [5.41, 5.74) is 5.90. The molecule has 4 N–H and O–H groups in total. The Morgan fingerprint density at radius 2 is 1.23 bits per heavy atom. The lowest BCUT2D eigenvalue weighted by Crippen LogP contribution is -2.46. The fourth-order valence-electron chi connectivity index (χ4n) is 3.61. The smallest absolute Gasteiger partial charge is 0.137 e. The van der Waals surface area contributed by atoms with Gasteiger partial charge in [0.25, 0.3) is 0 Å². The summed E-state index contributed by atoms with van der Waals surface area (Å²) in [6.07, 6.45) is 17.0. The molecule has 0 aliphatic carbocycles. The second-order valence-corrected chi connectivity index (χ2v) is 7.80. The van der Waals surface area contributed by atoms with Crippen LogP contribution in [-0.2, 0) is 4.79 Å². The first-order chi connectivity index (χ1) is 12.6. The van der Waals surface area contributed by atoms with Crippen LogP contribution >= 0.6 is 0 Å². The highest BCUT2D eigenvalue weighted by molar-refractivity contribution is 5.81. The van der Waals surface area contributed by atoms with Crippen molar-refractivity contribution in [2.45, 2.75) is 122 Å². The van der Waals surface area contributed by atoms with Crippen molar-refractivity contribution >= 4 is 5.78 Å². The molecule has 0 spiro atoms. The van der Waals surface area contributed by atoms with Crippen molar-refractivity contribution in [3.63, 3.8) is 0 Å². The second kappa shape index (κ2) is 17.9. The van der Waals surface area contributed by atoms with E-state index in [2.05, 4.69) is 6.92 Å². The second-order valence-electron chi connectivity index (χ2n) is 7.80. The van der Waals surface area contributed by atoms with Gasteiger partial charge in [0.15, 0.2) is 0 Å². The standard InChI is InChI=1S/C22H45NO3/c1-3-5-6-7-8-9-10-11-12-13-14-15-16-17-20(25)19(4-2)22(23)21(26)18-24/h19,21-22,24,26H,3-18,23H2,1-2H3. The topological polar surface area (TPSA) is 83.6 Å². The lowest BCUT2D eigenvalue weighted by molar-refractivity contribution is -0.125. The first kappa shape index (κ1) is 25.6. The zero-order chi connectivity index (χ0) is 19.6. The zero-order valence-corrected chi connectivity index (χ0v) is 17.4. The van der Waals surface area contributed by atoms with Gasteiger partial charge in [-0.15, -0.1) is 0 Å². The molecule has 4 heteroatoms. The van der Waals surface area contributed by atoms with Gasteiger partial charge < -0.3 is 15.9 Å². The minimum atomic E-state index is -1.00. The SMILES string of the molecule is CCCCCCCCCCCCCCCC(=O)C(CC)C(N)C(O)CO. The minimum Gasteiger partial charge on any atom is -0.394 e. The van der Waals surface area contributed by atoms with Crippen LogP contribution in [-0.4, -0.2) is 34.7 Å². The van der Waals surface area contributed by atoms with Gasteiger partial charge in [0, 0.05) is 18.4 Å². The van der Waals surface area contributed by atoms with Crippen molar-refractivity contribution in [3.05, 3.63) is 0 Å². The monoisotopic (exact) mass is 371 g/mol. The van der Waals surface area contributed by atoms with Gasteiger partial charge >= 0.3 is 0 Å². The summed E-state index contributed by atoms with van der Waals surface area (Å²) in [4.78, 5) is 12.3. The third-order valence-corrected chi connectivity index (χ3v) is 5.48. The number of hydrogen-bond donors (Lipinski definition) is 3. The van der Waals surface area contributed by atoms with Crippen molar-refractivity contribution in [2.24, 2.45) is 11.7 Å². The van der Waals surface area contributed by atoms with E-state index in [9.17, 15) is 9.90 Å². The fourth-order valence-corrected chi connectivity index (χ4v) is 3.61. The Morgan fingerprint density at radius 3 is 1.62 bits per heavy atom. The highest BCUT2D eigenvalue weighted by atomic mass is 16.3. The van der Waals surface area contributed by atoms with Crippen LogP contribution in [0.5, 0.6) is 0 Å². The summed E-state index contributed by atoms with van der Waals surface area (Å²) in [5.74, 6) is -0.204. The highest BCUT2D eigenvalue weighted by Gasteiger charge is 2.28. The molecule has 0 saturated heterocycles. The first-order valence-electron chi connectivity index (χ1n) is 11.2. The number of aliphatic hydroxyl groups excluding tert-OH is 2. The molecule has 0 aliphatic heterocycles. The van der Waals surface area contributed by atoms with Gasteiger partial charge in [-0.3, -0.25) is 4.79 Å². The molecule has 3 atom stereocenters. The average Bonchev–Trinajstić information content (AvgIpc) is 2.65. The van der Waals surface area contributed by atoms with Crippen LogP contribution < -0.4 is 5.73 Å². The van der Waals surface area contributed by atoms with E-state index in [1.807, 2.05) is 6.92 Å². The van der Waals surface area contributed by atoms with Gasteiger partial charge in [0.2, 0.25) is 0 Å². The Kier molecular flexibility index (Phi) is 17.6. The molecule has 0 radical (unpaired) electrons. The maximum atomic E-state index is 12.3. The van der Waals surface area contributed by atoms with E-state index in [0.29, 0.717) is 12.8 Å². The number of Topliss-reactive ketones (excluding diaryl/α,β-unsaturated/α-hetero) is 1. The van der Waals surface area contributed by atoms with E-state index in [4.69, 9.17) is 10.8 Å². The van der Waals surface area contributed by atoms with E-state index >= 15 is 0 Å². The van der Waals surface area contributed by atoms with Crippen molar-refractivity contribution in [1.29, 1.82) is 0 Å². The number of nitrogens with two attached hydrogens (primary N) is 1. The fraction of sp³-hybridized carbons (Fsp3) is 0.955. The number of aliphatic hydroxyl groups is 2. The minimum absolute atomic E-state index is 0.135. The predicted octanol–water partition coefficient (Wildman–Crippen LogP) is 4.74. The summed E-state index contributed by atoms with van der Waals surface area (Å²) >= 11 is 0. The number of carbonyl (C=O) groups is 1. The van der Waals surface area contributed by atoms with Crippen LogP contribution in [0.25, 0.3) is 0 Å². The van der Waals surface area contributed by atoms with Gasteiger partial charge in [-0.25, -0.2) is 0 Å². The molecule has 0 amide bonds. The number of carbonyl (C=O) groups excluding carboxylic acids is 1. The van der Waals surface area contributed by atoms with E-state index in [1.54, 1.807) is 0 Å². The summed E-state index contributed by atoms with van der Waals surface area (Å²) in [6, 6.07) is -0.653. The molecule has 26 heavy (non-hydrogen) atoms. The Bertz CT molecular complexity index is 323. The van der Waals surface area contributed by atoms with Crippen LogP contribution in [0.15, 0.2) is 0 Å². The van der Waals surface area contributed by atoms with E-state index in [0.717, 1.165) is 12.8 Å². The number of ketones is 1. The molecule has 3 unspecified atom stereocenters. The molecule has 0 aromatic carbocycles. The number of hydrogen-bond acceptors (Lipinski definition) is 4. The highest BCUT2D eigenvalue weighted by Crippen LogP contribution is 2.17. The predicted molar refractivity (Wildman–Crippen MR) is 110 cm³/mol. The lowest BCUT2D eigenvalue weighted by atomic mass is 9.87. The van der Waals surface area contributed by atoms with Gasteiger partial charge in [-0.2, -0.15) is 0 Å². The van der Waals surface area contributed by atoms with E-state index in [1.165, 1.54) is 70.6 Å². The van der Waals surface area contributed by atoms with Crippen LogP contribution in [0.2, 0.25) is 0 Å². The normalized spacial score (nSPS) is 15.0. The van der Waals surface area contributed by atoms with E-state index < -0.39 is 12.1 Å². The third kappa shape index (κ3) is 12.8. The maximum absolute atomic E-state index is 12.3. The first-order valence-corrected chi connectivity index (χ1v) is 11.2. The van der Waals surface area contributed by atoms with Gasteiger partial charge in [0.05, 0.1) is 12.7 Å². The lowest BCUT2D eigenvalue weighted by Gasteiger charge is -2.24. The summed E-state index contributed by atoms with van der Waals surface area (Å²) in [5, 5.41) is 18.6. The van der Waals surface area contributed by atoms with Gasteiger partial charge in [0.1, 0.15) is 5.78 Å². The number of rotatable bonds is 19. The molecule has 0 aliphatic rings. The van der Waals surface area contributed by atoms with Crippen LogP contribution in [0.3, 0.4) is 0 Å². The van der Waals surface area contributed by atoms with Gasteiger partial charge in [-0.05, 0) is 12.8 Å². The van der Waals surface area contributed by atoms with Crippen molar-refractivity contribution in [3.8, 4) is 0 Å². The van der Waals surface area contributed by atoms with Crippen molar-refractivity contribution in [1.82, 2.24) is 0 Å². The average molecular weight is 372 g/mol. The molecule has 0 rings (SSSR count). The molecular weight excluding hydrogens is 326 g/mol. The van der Waals surface area contributed by atoms with Crippen LogP contribution in [0, 0.1) is 5.92 Å². The molecule has 0 bridgehead atoms. The molecular formula is C22H45NO3. The Labute approximate surface area is 161 Å². The molecule has 0 aromatic heterocycles. The Morgan fingerprint density at radius 1 is 0.808 bits per heavy atom. The molecule has 0 saturated carbocycles. The molecule has 4 nitrogen and oxygen atoms in total. The largest absolute Gasteiger partial charge is 0.394 e. The van der Waals surface area contributed by atoms with Crippen LogP contribution in [0.4, 0.5) is 0 Å². The van der Waals surface area contributed by atoms with E-state index in [-0.39, 0.29) is 18.3 Å². The van der Waals surface area contributed by atoms with Crippen molar-refractivity contribution < 1.29 is 15.0 Å². The summed E-state index contributed by atoms with van der Waals surface area (Å²) in [6.45, 7) is 3.79. The molecule has 0 heterocycles. The van der Waals surface area contributed by atoms with Crippen LogP contribution in [0.1, 0.15) is 110 Å². The maximum Gasteiger partial charge on any atom is 0.137 e. The zero-order valence-electron chi connectivity index (χ0n) is 17.4. The Hall–Kier alpha value is -0.450. The van der Waals surface area contributed by atoms with Crippen molar-refractivity contribution in [2.75, 3.05) is 6.61 Å². The Balaban J connectivity index is 3.55. The third-order valence-electron chi connectivity index (χ3n) is 5.48. The summed E-state index contributed by atoms with van der Waals surface area (Å²) in [7, 11) is 0. The quantitative estimate of drug-likeness (QED) is 0.286. The number of unbranched alkanes of at least 4 members (excludes halogenated alkanes) is 12. The summed E-state index contributed by atoms with van der Waals surface area (Å²) < 4.78 is 0. The molecule has 0 fully saturated rings. The van der Waals surface area contributed by atoms with Gasteiger partial charge in [-0.1, -0.05) is 90.9 Å². The molecule has 0 aromatic rings.